The fraction of sp³-hybridized carbons (Fsp3) is 0.409. The number of phenols is 1. The van der Waals surface area contributed by atoms with Gasteiger partial charge >= 0.3 is 0 Å². The van der Waals surface area contributed by atoms with E-state index >= 15 is 0 Å². The van der Waals surface area contributed by atoms with E-state index < -0.39 is 0 Å². The van der Waals surface area contributed by atoms with Gasteiger partial charge in [-0.15, -0.1) is 0 Å². The first-order chi connectivity index (χ1) is 13.6. The highest BCUT2D eigenvalue weighted by Crippen LogP contribution is 2.18. The predicted octanol–water partition coefficient (Wildman–Crippen LogP) is 0.853. The number of nitrogens with one attached hydrogen (secondary N) is 2. The smallest absolute Gasteiger partial charge is 0.278 e. The van der Waals surface area contributed by atoms with Crippen molar-refractivity contribution < 1.29 is 19.5 Å². The van der Waals surface area contributed by atoms with Crippen molar-refractivity contribution >= 4 is 11.6 Å². The van der Waals surface area contributed by atoms with Crippen molar-refractivity contribution in [2.45, 2.75) is 19.4 Å². The summed E-state index contributed by atoms with van der Waals surface area (Å²) in [6, 6.07) is 15.2. The first-order valence-electron chi connectivity index (χ1n) is 9.86. The van der Waals surface area contributed by atoms with Crippen molar-refractivity contribution in [3.63, 3.8) is 0 Å². The van der Waals surface area contributed by atoms with Crippen molar-refractivity contribution in [2.24, 2.45) is 0 Å². The number of phenolic OH excluding ortho intramolecular Hbond substituents is 1. The third kappa shape index (κ3) is 5.16. The van der Waals surface area contributed by atoms with Crippen LogP contribution in [-0.2, 0) is 11.2 Å². The van der Waals surface area contributed by atoms with Crippen LogP contribution >= 0.6 is 0 Å². The molecule has 0 aliphatic carbocycles. The lowest BCUT2D eigenvalue weighted by atomic mass is 10.1. The van der Waals surface area contributed by atoms with Gasteiger partial charge in [0.05, 0.1) is 33.3 Å². The normalized spacial score (nSPS) is 15.9. The highest BCUT2D eigenvalue weighted by atomic mass is 16.5. The molecule has 1 aliphatic heterocycles. The third-order valence-electron chi connectivity index (χ3n) is 5.50. The highest BCUT2D eigenvalue weighted by Gasteiger charge is 2.29. The summed E-state index contributed by atoms with van der Waals surface area (Å²) in [5.74, 6) is 1.24. The fourth-order valence-electron chi connectivity index (χ4n) is 3.61. The summed E-state index contributed by atoms with van der Waals surface area (Å²) in [6.07, 6.45) is 0.812. The number of hydrogen-bond acceptors (Lipinski definition) is 4. The van der Waals surface area contributed by atoms with Crippen LogP contribution in [0.1, 0.15) is 12.5 Å². The van der Waals surface area contributed by atoms with E-state index in [0.29, 0.717) is 6.54 Å². The number of carbonyl (C=O) groups is 1. The molecule has 6 nitrogen and oxygen atoms in total. The van der Waals surface area contributed by atoms with Crippen LogP contribution in [0, 0.1) is 0 Å². The van der Waals surface area contributed by atoms with E-state index in [0.717, 1.165) is 44.0 Å². The summed E-state index contributed by atoms with van der Waals surface area (Å²) in [6.45, 7) is 6.31. The largest absolute Gasteiger partial charge is 0.508 e. The number of rotatable bonds is 7. The van der Waals surface area contributed by atoms with Crippen LogP contribution < -0.4 is 19.9 Å². The van der Waals surface area contributed by atoms with Crippen molar-refractivity contribution in [2.75, 3.05) is 44.7 Å². The van der Waals surface area contributed by atoms with Gasteiger partial charge in [0.2, 0.25) is 0 Å². The van der Waals surface area contributed by atoms with E-state index in [9.17, 15) is 9.90 Å². The van der Waals surface area contributed by atoms with Gasteiger partial charge in [-0.25, -0.2) is 0 Å². The zero-order valence-corrected chi connectivity index (χ0v) is 16.6. The molecule has 0 radical (unpaired) electrons. The van der Waals surface area contributed by atoms with Gasteiger partial charge in [0.1, 0.15) is 11.5 Å². The maximum atomic E-state index is 12.5. The fourth-order valence-corrected chi connectivity index (χ4v) is 3.61. The molecular formula is C22H30N3O3+. The number of hydrogen-bond donors (Lipinski definition) is 3. The molecule has 0 aromatic heterocycles. The second-order valence-corrected chi connectivity index (χ2v) is 7.27. The van der Waals surface area contributed by atoms with Crippen LogP contribution in [0.3, 0.4) is 0 Å². The van der Waals surface area contributed by atoms with Gasteiger partial charge in [-0.1, -0.05) is 12.1 Å². The topological polar surface area (TPSA) is 66.2 Å². The number of quaternary nitrogens is 1. The number of benzene rings is 2. The number of methoxy groups -OCH3 is 1. The molecule has 2 aromatic rings. The zero-order valence-electron chi connectivity index (χ0n) is 16.6. The molecule has 150 valence electrons. The molecule has 1 amide bonds. The van der Waals surface area contributed by atoms with E-state index in [1.807, 2.05) is 43.3 Å². The molecular weight excluding hydrogens is 354 g/mol. The number of carbonyl (C=O) groups excluding carboxylic acids is 1. The number of piperazine rings is 1. The molecule has 0 unspecified atom stereocenters. The van der Waals surface area contributed by atoms with Gasteiger partial charge in [0, 0.05) is 12.2 Å². The standard InChI is InChI=1S/C22H29N3O3/c1-17(22(27)23-12-11-18-3-9-21(28-2)10-4-18)24-13-15-25(16-14-24)19-5-7-20(26)8-6-19/h3-10,17,26H,11-16H2,1-2H3,(H,23,27)/p+1/t17-/m1/s1. The van der Waals surface area contributed by atoms with Crippen LogP contribution in [-0.4, -0.2) is 56.9 Å². The Labute approximate surface area is 166 Å². The molecule has 0 bridgehead atoms. The van der Waals surface area contributed by atoms with E-state index in [2.05, 4.69) is 10.2 Å². The molecule has 1 heterocycles. The van der Waals surface area contributed by atoms with Gasteiger partial charge in [0.25, 0.3) is 5.91 Å². The molecule has 28 heavy (non-hydrogen) atoms. The quantitative estimate of drug-likeness (QED) is 0.662. The number of amides is 1. The highest BCUT2D eigenvalue weighted by molar-refractivity contribution is 5.79. The predicted molar refractivity (Wildman–Crippen MR) is 110 cm³/mol. The molecule has 3 rings (SSSR count). The van der Waals surface area contributed by atoms with Crippen molar-refractivity contribution in [3.05, 3.63) is 54.1 Å². The third-order valence-corrected chi connectivity index (χ3v) is 5.50. The zero-order chi connectivity index (χ0) is 19.9. The molecule has 1 fully saturated rings. The minimum atomic E-state index is -0.0576. The average Bonchev–Trinajstić information content (AvgIpc) is 2.74. The Morgan fingerprint density at radius 2 is 1.79 bits per heavy atom. The van der Waals surface area contributed by atoms with E-state index in [1.165, 1.54) is 10.5 Å². The minimum absolute atomic E-state index is 0.0576. The summed E-state index contributed by atoms with van der Waals surface area (Å²) in [5, 5.41) is 12.5. The van der Waals surface area contributed by atoms with E-state index in [4.69, 9.17) is 4.74 Å². The van der Waals surface area contributed by atoms with Crippen LogP contribution in [0.2, 0.25) is 0 Å². The summed E-state index contributed by atoms with van der Waals surface area (Å²) >= 11 is 0. The molecule has 0 saturated carbocycles. The van der Waals surface area contributed by atoms with Crippen molar-refractivity contribution in [3.8, 4) is 11.5 Å². The lowest BCUT2D eigenvalue weighted by molar-refractivity contribution is -0.914. The van der Waals surface area contributed by atoms with Crippen LogP contribution in [0.15, 0.2) is 48.5 Å². The molecule has 3 N–H and O–H groups in total. The lowest BCUT2D eigenvalue weighted by Gasteiger charge is -2.36. The molecule has 2 aromatic carbocycles. The summed E-state index contributed by atoms with van der Waals surface area (Å²) < 4.78 is 5.16. The van der Waals surface area contributed by atoms with Crippen molar-refractivity contribution in [1.29, 1.82) is 0 Å². The summed E-state index contributed by atoms with van der Waals surface area (Å²) in [4.78, 5) is 16.1. The first kappa shape index (κ1) is 20.0. The lowest BCUT2D eigenvalue weighted by Crippen LogP contribution is -3.19. The van der Waals surface area contributed by atoms with Crippen LogP contribution in [0.25, 0.3) is 0 Å². The number of aromatic hydroxyl groups is 1. The minimum Gasteiger partial charge on any atom is -0.508 e. The molecule has 1 aliphatic rings. The van der Waals surface area contributed by atoms with Gasteiger partial charge in [-0.3, -0.25) is 4.79 Å². The summed E-state index contributed by atoms with van der Waals surface area (Å²) in [5.41, 5.74) is 2.30. The number of nitrogens with zero attached hydrogens (tertiary/aromatic N) is 1. The summed E-state index contributed by atoms with van der Waals surface area (Å²) in [7, 11) is 1.66. The average molecular weight is 385 g/mol. The molecule has 1 saturated heterocycles. The second kappa shape index (κ2) is 9.46. The van der Waals surface area contributed by atoms with Gasteiger partial charge in [-0.2, -0.15) is 0 Å². The Kier molecular flexibility index (Phi) is 6.76. The van der Waals surface area contributed by atoms with Crippen LogP contribution in [0.5, 0.6) is 11.5 Å². The van der Waals surface area contributed by atoms with Crippen LogP contribution in [0.4, 0.5) is 5.69 Å². The molecule has 6 heteroatoms. The Balaban J connectivity index is 1.41. The Bertz CT molecular complexity index is 754. The Morgan fingerprint density at radius 3 is 2.39 bits per heavy atom. The van der Waals surface area contributed by atoms with E-state index in [-0.39, 0.29) is 17.7 Å². The second-order valence-electron chi connectivity index (χ2n) is 7.27. The maximum absolute atomic E-state index is 12.5. The van der Waals surface area contributed by atoms with Gasteiger partial charge in [0.15, 0.2) is 6.04 Å². The van der Waals surface area contributed by atoms with Crippen molar-refractivity contribution in [1.82, 2.24) is 5.32 Å². The first-order valence-corrected chi connectivity index (χ1v) is 9.86. The maximum Gasteiger partial charge on any atom is 0.278 e. The Hall–Kier alpha value is -2.73. The van der Waals surface area contributed by atoms with Gasteiger partial charge < -0.3 is 25.0 Å². The number of ether oxygens (including phenoxy) is 1. The number of anilines is 1. The van der Waals surface area contributed by atoms with E-state index in [1.54, 1.807) is 19.2 Å². The van der Waals surface area contributed by atoms with Gasteiger partial charge in [-0.05, 0) is 55.3 Å². The monoisotopic (exact) mass is 384 g/mol. The SMILES string of the molecule is COc1ccc(CCNC(=O)[C@@H](C)[NH+]2CCN(c3ccc(O)cc3)CC2)cc1. The Morgan fingerprint density at radius 1 is 1.14 bits per heavy atom. The molecule has 0 spiro atoms. The molecule has 1 atom stereocenters.